The molecule has 0 amide bonds. The maximum absolute atomic E-state index is 7.93. The van der Waals surface area contributed by atoms with Gasteiger partial charge in [-0.1, -0.05) is 6.07 Å². The number of hydrogen-bond donors (Lipinski definition) is 4. The zero-order valence-corrected chi connectivity index (χ0v) is 12.2. The Morgan fingerprint density at radius 2 is 2.27 bits per heavy atom. The highest BCUT2D eigenvalue weighted by Crippen LogP contribution is 2.30. The van der Waals surface area contributed by atoms with Crippen LogP contribution in [0.3, 0.4) is 0 Å². The number of methoxy groups -OCH3 is 1. The maximum atomic E-state index is 7.93. The highest BCUT2D eigenvalue weighted by molar-refractivity contribution is 5.95. The van der Waals surface area contributed by atoms with Crippen molar-refractivity contribution in [2.75, 3.05) is 12.8 Å². The van der Waals surface area contributed by atoms with Crippen LogP contribution in [0.1, 0.15) is 5.69 Å². The minimum atomic E-state index is -0.434. The van der Waals surface area contributed by atoms with Gasteiger partial charge in [0.1, 0.15) is 11.6 Å². The van der Waals surface area contributed by atoms with Gasteiger partial charge in [0.15, 0.2) is 6.29 Å². The molecule has 0 aliphatic carbocycles. The standard InChI is InChI=1S/C15H18N6O/c1-22-12-3-2-9-6-10(20-7-11(9)14(12)17)8-21-13(16)4-5-19-15(21)18/h2-7,15-16,19H,8,17-18H2,1H3. The molecule has 6 N–H and O–H groups in total. The first-order valence-corrected chi connectivity index (χ1v) is 6.84. The molecule has 1 atom stereocenters. The van der Waals surface area contributed by atoms with Gasteiger partial charge in [-0.2, -0.15) is 0 Å². The van der Waals surface area contributed by atoms with Crippen molar-refractivity contribution in [3.63, 3.8) is 0 Å². The van der Waals surface area contributed by atoms with E-state index >= 15 is 0 Å². The molecule has 0 bridgehead atoms. The van der Waals surface area contributed by atoms with Crippen molar-refractivity contribution in [2.24, 2.45) is 5.73 Å². The Kier molecular flexibility index (Phi) is 3.56. The van der Waals surface area contributed by atoms with Crippen molar-refractivity contribution >= 4 is 22.3 Å². The Labute approximate surface area is 128 Å². The second kappa shape index (κ2) is 5.53. The summed E-state index contributed by atoms with van der Waals surface area (Å²) in [6.45, 7) is 0.444. The number of amidine groups is 1. The molecule has 1 aromatic heterocycles. The third-order valence-corrected chi connectivity index (χ3v) is 3.67. The van der Waals surface area contributed by atoms with Crippen LogP contribution in [0.5, 0.6) is 5.75 Å². The van der Waals surface area contributed by atoms with Gasteiger partial charge in [-0.15, -0.1) is 0 Å². The molecule has 7 heteroatoms. The van der Waals surface area contributed by atoms with Gasteiger partial charge in [-0.3, -0.25) is 16.1 Å². The summed E-state index contributed by atoms with van der Waals surface area (Å²) in [6.07, 6.45) is 4.62. The number of rotatable bonds is 3. The van der Waals surface area contributed by atoms with Crippen LogP contribution in [0.2, 0.25) is 0 Å². The van der Waals surface area contributed by atoms with Gasteiger partial charge >= 0.3 is 0 Å². The first-order chi connectivity index (χ1) is 10.6. The highest BCUT2D eigenvalue weighted by Gasteiger charge is 2.19. The maximum Gasteiger partial charge on any atom is 0.153 e. The summed E-state index contributed by atoms with van der Waals surface area (Å²) in [5.41, 5.74) is 13.4. The molecule has 0 spiro atoms. The van der Waals surface area contributed by atoms with E-state index in [1.165, 1.54) is 0 Å². The van der Waals surface area contributed by atoms with Crippen molar-refractivity contribution in [3.05, 3.63) is 42.4 Å². The van der Waals surface area contributed by atoms with Gasteiger partial charge in [0, 0.05) is 17.8 Å². The SMILES string of the molecule is COc1ccc2cc(CN3C(=N)C=CNC3N)ncc2c1N. The minimum absolute atomic E-state index is 0.349. The molecule has 0 fully saturated rings. The summed E-state index contributed by atoms with van der Waals surface area (Å²) in [6, 6.07) is 5.72. The summed E-state index contributed by atoms with van der Waals surface area (Å²) in [5.74, 6) is 0.985. The number of nitrogens with one attached hydrogen (secondary N) is 2. The van der Waals surface area contributed by atoms with Gasteiger partial charge in [0.2, 0.25) is 0 Å². The van der Waals surface area contributed by atoms with Gasteiger partial charge in [0.25, 0.3) is 0 Å². The van der Waals surface area contributed by atoms with E-state index in [1.54, 1.807) is 30.5 Å². The fourth-order valence-corrected chi connectivity index (χ4v) is 2.45. The first kappa shape index (κ1) is 14.2. The predicted octanol–water partition coefficient (Wildman–Crippen LogP) is 0.964. The highest BCUT2D eigenvalue weighted by atomic mass is 16.5. The lowest BCUT2D eigenvalue weighted by Gasteiger charge is -2.32. The van der Waals surface area contributed by atoms with Gasteiger partial charge in [0.05, 0.1) is 25.0 Å². The van der Waals surface area contributed by atoms with E-state index in [9.17, 15) is 0 Å². The number of ether oxygens (including phenoxy) is 1. The van der Waals surface area contributed by atoms with Crippen LogP contribution < -0.4 is 21.5 Å². The second-order valence-electron chi connectivity index (χ2n) is 5.04. The lowest BCUT2D eigenvalue weighted by Crippen LogP contribution is -2.54. The monoisotopic (exact) mass is 298 g/mol. The fourth-order valence-electron chi connectivity index (χ4n) is 2.45. The van der Waals surface area contributed by atoms with Crippen LogP contribution in [0.15, 0.2) is 36.7 Å². The molecule has 0 saturated carbocycles. The molecule has 1 aromatic carbocycles. The zero-order chi connectivity index (χ0) is 15.7. The molecule has 2 heterocycles. The number of nitrogens with two attached hydrogens (primary N) is 2. The minimum Gasteiger partial charge on any atom is -0.495 e. The molecule has 1 aliphatic rings. The third kappa shape index (κ3) is 2.42. The van der Waals surface area contributed by atoms with Crippen molar-refractivity contribution in [2.45, 2.75) is 12.8 Å². The number of benzene rings is 1. The molecule has 0 saturated heterocycles. The van der Waals surface area contributed by atoms with E-state index in [4.69, 9.17) is 21.6 Å². The van der Waals surface area contributed by atoms with Gasteiger partial charge in [-0.05, 0) is 23.6 Å². The average Bonchev–Trinajstić information content (AvgIpc) is 2.51. The summed E-state index contributed by atoms with van der Waals surface area (Å²) < 4.78 is 5.21. The van der Waals surface area contributed by atoms with Crippen LogP contribution in [-0.2, 0) is 6.54 Å². The molecule has 1 unspecified atom stereocenters. The van der Waals surface area contributed by atoms with E-state index in [-0.39, 0.29) is 0 Å². The average molecular weight is 298 g/mol. The van der Waals surface area contributed by atoms with Crippen LogP contribution in [0, 0.1) is 5.41 Å². The van der Waals surface area contributed by atoms with Crippen LogP contribution >= 0.6 is 0 Å². The van der Waals surface area contributed by atoms with E-state index < -0.39 is 6.29 Å². The van der Waals surface area contributed by atoms with Crippen LogP contribution in [-0.4, -0.2) is 29.1 Å². The normalized spacial score (nSPS) is 17.6. The zero-order valence-electron chi connectivity index (χ0n) is 12.2. The van der Waals surface area contributed by atoms with Crippen molar-refractivity contribution in [1.82, 2.24) is 15.2 Å². The topological polar surface area (TPSA) is 113 Å². The first-order valence-electron chi connectivity index (χ1n) is 6.84. The van der Waals surface area contributed by atoms with E-state index in [1.807, 2.05) is 18.2 Å². The Bertz CT molecular complexity index is 757. The number of aromatic nitrogens is 1. The Morgan fingerprint density at radius 3 is 3.00 bits per heavy atom. The third-order valence-electron chi connectivity index (χ3n) is 3.67. The van der Waals surface area contributed by atoms with Gasteiger partial charge < -0.3 is 20.7 Å². The number of anilines is 1. The fraction of sp³-hybridized carbons (Fsp3) is 0.200. The molecule has 114 valence electrons. The lowest BCUT2D eigenvalue weighted by molar-refractivity contribution is 0.274. The van der Waals surface area contributed by atoms with Crippen LogP contribution in [0.4, 0.5) is 5.69 Å². The number of fused-ring (bicyclic) bond motifs is 1. The Hall–Kier alpha value is -2.80. The number of pyridine rings is 1. The largest absolute Gasteiger partial charge is 0.495 e. The van der Waals surface area contributed by atoms with E-state index in [0.29, 0.717) is 23.8 Å². The molecular weight excluding hydrogens is 280 g/mol. The molecule has 2 aromatic rings. The molecule has 22 heavy (non-hydrogen) atoms. The Balaban J connectivity index is 1.92. The van der Waals surface area contributed by atoms with Crippen molar-refractivity contribution < 1.29 is 4.74 Å². The second-order valence-corrected chi connectivity index (χ2v) is 5.04. The lowest BCUT2D eigenvalue weighted by atomic mass is 10.1. The smallest absolute Gasteiger partial charge is 0.153 e. The number of nitrogen functional groups attached to an aromatic ring is 1. The summed E-state index contributed by atoms with van der Waals surface area (Å²) in [4.78, 5) is 6.15. The molecule has 0 radical (unpaired) electrons. The Morgan fingerprint density at radius 1 is 1.45 bits per heavy atom. The summed E-state index contributed by atoms with van der Waals surface area (Å²) >= 11 is 0. The molecule has 7 nitrogen and oxygen atoms in total. The van der Waals surface area contributed by atoms with Crippen molar-refractivity contribution in [1.29, 1.82) is 5.41 Å². The predicted molar refractivity (Wildman–Crippen MR) is 86.2 cm³/mol. The van der Waals surface area contributed by atoms with E-state index in [2.05, 4.69) is 10.3 Å². The van der Waals surface area contributed by atoms with Crippen LogP contribution in [0.25, 0.3) is 10.8 Å². The molecule has 1 aliphatic heterocycles. The number of nitrogens with zero attached hydrogens (tertiary/aromatic N) is 2. The molecule has 3 rings (SSSR count). The van der Waals surface area contributed by atoms with E-state index in [0.717, 1.165) is 16.5 Å². The summed E-state index contributed by atoms with van der Waals surface area (Å²) in [5, 5.41) is 12.7. The van der Waals surface area contributed by atoms with Crippen molar-refractivity contribution in [3.8, 4) is 5.75 Å². The number of hydrogen-bond acceptors (Lipinski definition) is 6. The summed E-state index contributed by atoms with van der Waals surface area (Å²) in [7, 11) is 1.59. The van der Waals surface area contributed by atoms with Gasteiger partial charge in [-0.25, -0.2) is 0 Å². The molecular formula is C15H18N6O. The quantitative estimate of drug-likeness (QED) is 0.628.